The lowest BCUT2D eigenvalue weighted by molar-refractivity contribution is 0.0934. The summed E-state index contributed by atoms with van der Waals surface area (Å²) in [7, 11) is 0. The van der Waals surface area contributed by atoms with Crippen molar-refractivity contribution in [3.8, 4) is 0 Å². The summed E-state index contributed by atoms with van der Waals surface area (Å²) in [4.78, 5) is 16.7. The van der Waals surface area contributed by atoms with Gasteiger partial charge in [-0.2, -0.15) is 5.10 Å². The minimum absolute atomic E-state index is 0.0454. The van der Waals surface area contributed by atoms with Crippen LogP contribution in [0, 0.1) is 0 Å². The maximum absolute atomic E-state index is 12.4. The molecule has 2 N–H and O–H groups in total. The van der Waals surface area contributed by atoms with Crippen LogP contribution in [0.5, 0.6) is 0 Å². The Morgan fingerprint density at radius 3 is 2.83 bits per heavy atom. The van der Waals surface area contributed by atoms with Gasteiger partial charge in [-0.3, -0.25) is 4.79 Å². The summed E-state index contributed by atoms with van der Waals surface area (Å²) in [6.45, 7) is 3.72. The number of carbonyl (C=O) groups is 1. The lowest BCUT2D eigenvalue weighted by Gasteiger charge is -2.39. The van der Waals surface area contributed by atoms with E-state index in [9.17, 15) is 4.79 Å². The SMILES string of the molecule is O=C(NC1CN(c2cccnn2)C1)c1ccc(C2CCNCC2)s1. The molecule has 2 saturated heterocycles. The summed E-state index contributed by atoms with van der Waals surface area (Å²) < 4.78 is 0. The predicted octanol–water partition coefficient (Wildman–Crippen LogP) is 1.62. The molecule has 4 rings (SSSR count). The fourth-order valence-corrected chi connectivity index (χ4v) is 4.36. The average Bonchev–Trinajstić information content (AvgIpc) is 3.09. The van der Waals surface area contributed by atoms with Crippen LogP contribution in [0.25, 0.3) is 0 Å². The molecule has 0 aliphatic carbocycles. The molecule has 0 unspecified atom stereocenters. The number of amides is 1. The zero-order chi connectivity index (χ0) is 16.4. The number of anilines is 1. The van der Waals surface area contributed by atoms with Crippen LogP contribution in [-0.2, 0) is 0 Å². The quantitative estimate of drug-likeness (QED) is 0.883. The number of piperidine rings is 1. The van der Waals surface area contributed by atoms with E-state index in [1.165, 1.54) is 4.88 Å². The summed E-state index contributed by atoms with van der Waals surface area (Å²) in [6.07, 6.45) is 3.99. The van der Waals surface area contributed by atoms with Gasteiger partial charge >= 0.3 is 0 Å². The van der Waals surface area contributed by atoms with E-state index in [2.05, 4.69) is 31.8 Å². The molecule has 7 heteroatoms. The molecule has 2 fully saturated rings. The van der Waals surface area contributed by atoms with E-state index in [1.54, 1.807) is 17.5 Å². The average molecular weight is 343 g/mol. The number of aromatic nitrogens is 2. The molecule has 126 valence electrons. The molecule has 0 radical (unpaired) electrons. The molecule has 2 aromatic heterocycles. The van der Waals surface area contributed by atoms with Gasteiger partial charge in [0.25, 0.3) is 5.91 Å². The van der Waals surface area contributed by atoms with E-state index in [-0.39, 0.29) is 11.9 Å². The van der Waals surface area contributed by atoms with E-state index in [0.717, 1.165) is 49.7 Å². The molecule has 0 spiro atoms. The monoisotopic (exact) mass is 343 g/mol. The second-order valence-electron chi connectivity index (χ2n) is 6.38. The summed E-state index contributed by atoms with van der Waals surface area (Å²) >= 11 is 1.65. The summed E-state index contributed by atoms with van der Waals surface area (Å²) in [6, 6.07) is 8.10. The summed E-state index contributed by atoms with van der Waals surface area (Å²) in [5.74, 6) is 1.52. The van der Waals surface area contributed by atoms with Gasteiger partial charge in [0.15, 0.2) is 5.82 Å². The van der Waals surface area contributed by atoms with Gasteiger partial charge in [0.1, 0.15) is 0 Å². The van der Waals surface area contributed by atoms with Crippen molar-refractivity contribution in [2.75, 3.05) is 31.1 Å². The van der Waals surface area contributed by atoms with E-state index in [1.807, 2.05) is 18.2 Å². The molecule has 0 bridgehead atoms. The normalized spacial score (nSPS) is 19.1. The van der Waals surface area contributed by atoms with Crippen LogP contribution >= 0.6 is 11.3 Å². The Hall–Kier alpha value is -1.99. The van der Waals surface area contributed by atoms with Crippen LogP contribution in [-0.4, -0.2) is 48.3 Å². The molecule has 0 aromatic carbocycles. The highest BCUT2D eigenvalue weighted by Gasteiger charge is 2.30. The summed E-state index contributed by atoms with van der Waals surface area (Å²) in [5, 5.41) is 14.5. The van der Waals surface area contributed by atoms with Crippen molar-refractivity contribution >= 4 is 23.1 Å². The van der Waals surface area contributed by atoms with Crippen LogP contribution in [0.1, 0.15) is 33.3 Å². The molecule has 2 aliphatic heterocycles. The van der Waals surface area contributed by atoms with Crippen molar-refractivity contribution < 1.29 is 4.79 Å². The number of hydrogen-bond donors (Lipinski definition) is 2. The van der Waals surface area contributed by atoms with Crippen molar-refractivity contribution in [3.05, 3.63) is 40.2 Å². The van der Waals surface area contributed by atoms with Gasteiger partial charge in [0.05, 0.1) is 10.9 Å². The van der Waals surface area contributed by atoms with Crippen molar-refractivity contribution in [2.45, 2.75) is 24.8 Å². The van der Waals surface area contributed by atoms with Gasteiger partial charge < -0.3 is 15.5 Å². The highest BCUT2D eigenvalue weighted by atomic mass is 32.1. The van der Waals surface area contributed by atoms with Gasteiger partial charge in [-0.05, 0) is 56.1 Å². The van der Waals surface area contributed by atoms with Gasteiger partial charge in [0, 0.05) is 24.2 Å². The van der Waals surface area contributed by atoms with Gasteiger partial charge in [-0.25, -0.2) is 0 Å². The third-order valence-electron chi connectivity index (χ3n) is 4.69. The van der Waals surface area contributed by atoms with E-state index in [4.69, 9.17) is 0 Å². The number of carbonyl (C=O) groups excluding carboxylic acids is 1. The molecule has 24 heavy (non-hydrogen) atoms. The fraction of sp³-hybridized carbons (Fsp3) is 0.471. The molecular formula is C17H21N5OS. The Morgan fingerprint density at radius 1 is 1.25 bits per heavy atom. The molecule has 2 aromatic rings. The first-order valence-corrected chi connectivity index (χ1v) is 9.25. The van der Waals surface area contributed by atoms with Crippen LogP contribution in [0.3, 0.4) is 0 Å². The number of nitrogens with zero attached hydrogens (tertiary/aromatic N) is 3. The van der Waals surface area contributed by atoms with Crippen LogP contribution in [0.2, 0.25) is 0 Å². The van der Waals surface area contributed by atoms with Gasteiger partial charge in [-0.15, -0.1) is 16.4 Å². The Kier molecular flexibility index (Phi) is 4.44. The molecule has 0 atom stereocenters. The third kappa shape index (κ3) is 3.27. The molecule has 6 nitrogen and oxygen atoms in total. The molecule has 0 saturated carbocycles. The second kappa shape index (κ2) is 6.86. The van der Waals surface area contributed by atoms with Crippen molar-refractivity contribution in [3.63, 3.8) is 0 Å². The first-order chi connectivity index (χ1) is 11.8. The largest absolute Gasteiger partial charge is 0.351 e. The van der Waals surface area contributed by atoms with E-state index < -0.39 is 0 Å². The summed E-state index contributed by atoms with van der Waals surface area (Å²) in [5.41, 5.74) is 0. The number of rotatable bonds is 4. The smallest absolute Gasteiger partial charge is 0.261 e. The second-order valence-corrected chi connectivity index (χ2v) is 7.50. The number of nitrogens with one attached hydrogen (secondary N) is 2. The first kappa shape index (κ1) is 15.5. The van der Waals surface area contributed by atoms with Gasteiger partial charge in [0.2, 0.25) is 0 Å². The maximum Gasteiger partial charge on any atom is 0.261 e. The topological polar surface area (TPSA) is 70.2 Å². The van der Waals surface area contributed by atoms with Crippen LogP contribution in [0.4, 0.5) is 5.82 Å². The zero-order valence-electron chi connectivity index (χ0n) is 13.4. The standard InChI is InChI=1S/C17H21N5OS/c23-17(15-4-3-14(24-15)12-5-8-18-9-6-12)20-13-10-22(11-13)16-2-1-7-19-21-16/h1-4,7,12-13,18H,5-6,8-11H2,(H,20,23). The lowest BCUT2D eigenvalue weighted by atomic mass is 9.97. The first-order valence-electron chi connectivity index (χ1n) is 8.43. The maximum atomic E-state index is 12.4. The molecule has 4 heterocycles. The van der Waals surface area contributed by atoms with E-state index >= 15 is 0 Å². The van der Waals surface area contributed by atoms with E-state index in [0.29, 0.717) is 5.92 Å². The Labute approximate surface area is 145 Å². The number of hydrogen-bond acceptors (Lipinski definition) is 6. The highest BCUT2D eigenvalue weighted by Crippen LogP contribution is 2.31. The van der Waals surface area contributed by atoms with Gasteiger partial charge in [-0.1, -0.05) is 0 Å². The Bertz CT molecular complexity index is 692. The third-order valence-corrected chi connectivity index (χ3v) is 5.94. The zero-order valence-corrected chi connectivity index (χ0v) is 14.3. The van der Waals surface area contributed by atoms with Crippen molar-refractivity contribution in [2.24, 2.45) is 0 Å². The van der Waals surface area contributed by atoms with Crippen molar-refractivity contribution in [1.82, 2.24) is 20.8 Å². The van der Waals surface area contributed by atoms with Crippen LogP contribution in [0.15, 0.2) is 30.5 Å². The Balaban J connectivity index is 1.30. The minimum atomic E-state index is 0.0454. The Morgan fingerprint density at radius 2 is 2.08 bits per heavy atom. The fourth-order valence-electron chi connectivity index (χ4n) is 3.28. The predicted molar refractivity (Wildman–Crippen MR) is 94.7 cm³/mol. The lowest BCUT2D eigenvalue weighted by Crippen LogP contribution is -2.59. The van der Waals surface area contributed by atoms with Crippen LogP contribution < -0.4 is 15.5 Å². The molecular weight excluding hydrogens is 322 g/mol. The molecule has 1 amide bonds. The highest BCUT2D eigenvalue weighted by molar-refractivity contribution is 7.14. The number of thiophene rings is 1. The molecule has 2 aliphatic rings. The minimum Gasteiger partial charge on any atom is -0.351 e. The van der Waals surface area contributed by atoms with Crippen molar-refractivity contribution in [1.29, 1.82) is 0 Å².